The van der Waals surface area contributed by atoms with E-state index in [9.17, 15) is 9.90 Å². The quantitative estimate of drug-likeness (QED) is 0.875. The van der Waals surface area contributed by atoms with Crippen LogP contribution in [0.5, 0.6) is 0 Å². The number of hydrogen-bond acceptors (Lipinski definition) is 5. The van der Waals surface area contributed by atoms with Gasteiger partial charge < -0.3 is 10.4 Å². The van der Waals surface area contributed by atoms with Crippen LogP contribution in [0, 0.1) is 23.2 Å². The molecule has 1 fully saturated rings. The Balaban J connectivity index is 1.80. The van der Waals surface area contributed by atoms with Gasteiger partial charge in [-0.1, -0.05) is 6.92 Å². The van der Waals surface area contributed by atoms with Crippen molar-refractivity contribution in [3.63, 3.8) is 0 Å². The number of fused-ring (bicyclic) bond motifs is 1. The molecule has 0 amide bonds. The minimum Gasteiger partial charge on any atom is -0.478 e. The van der Waals surface area contributed by atoms with Crippen LogP contribution in [0.15, 0.2) is 12.5 Å². The van der Waals surface area contributed by atoms with Gasteiger partial charge >= 0.3 is 5.97 Å². The second-order valence-corrected chi connectivity index (χ2v) is 6.31. The zero-order chi connectivity index (χ0) is 17.1. The number of carboxylic acids is 1. The van der Waals surface area contributed by atoms with Gasteiger partial charge in [0.25, 0.3) is 0 Å². The monoisotopic (exact) mass is 327 g/mol. The molecule has 0 saturated heterocycles. The molecule has 126 valence electrons. The van der Waals surface area contributed by atoms with Crippen LogP contribution in [-0.4, -0.2) is 32.2 Å². The third-order valence-corrected chi connectivity index (χ3v) is 4.85. The van der Waals surface area contributed by atoms with E-state index in [1.54, 1.807) is 10.7 Å². The molecule has 2 N–H and O–H groups in total. The zero-order valence-corrected chi connectivity index (χ0v) is 13.7. The van der Waals surface area contributed by atoms with E-state index < -0.39 is 5.97 Å². The van der Waals surface area contributed by atoms with Crippen LogP contribution in [-0.2, 0) is 6.42 Å². The van der Waals surface area contributed by atoms with Crippen molar-refractivity contribution < 1.29 is 9.90 Å². The number of hydrogen-bond donors (Lipinski definition) is 2. The molecule has 0 unspecified atom stereocenters. The number of carbonyl (C=O) groups is 1. The van der Waals surface area contributed by atoms with E-state index in [2.05, 4.69) is 21.5 Å². The van der Waals surface area contributed by atoms with Crippen molar-refractivity contribution in [3.8, 4) is 6.07 Å². The molecule has 0 radical (unpaired) electrons. The third-order valence-electron chi connectivity index (χ3n) is 4.85. The Bertz CT molecular complexity index is 784. The van der Waals surface area contributed by atoms with Gasteiger partial charge in [-0.3, -0.25) is 0 Å². The Morgan fingerprint density at radius 2 is 2.21 bits per heavy atom. The summed E-state index contributed by atoms with van der Waals surface area (Å²) in [7, 11) is 0. The fourth-order valence-corrected chi connectivity index (χ4v) is 3.48. The van der Waals surface area contributed by atoms with Gasteiger partial charge in [-0.05, 0) is 43.6 Å². The number of aryl methyl sites for hydroxylation is 1. The second-order valence-electron chi connectivity index (χ2n) is 6.31. The molecule has 2 aromatic rings. The Morgan fingerprint density at radius 3 is 2.83 bits per heavy atom. The van der Waals surface area contributed by atoms with Crippen LogP contribution < -0.4 is 5.32 Å². The Morgan fingerprint density at radius 1 is 1.46 bits per heavy atom. The molecule has 7 heteroatoms. The molecule has 1 aliphatic rings. The summed E-state index contributed by atoms with van der Waals surface area (Å²) in [6.07, 6.45) is 7.57. The van der Waals surface area contributed by atoms with Crippen molar-refractivity contribution in [2.24, 2.45) is 11.8 Å². The first-order chi connectivity index (χ1) is 11.6. The lowest BCUT2D eigenvalue weighted by Gasteiger charge is -2.25. The molecule has 1 saturated carbocycles. The molecular weight excluding hydrogens is 306 g/mol. The van der Waals surface area contributed by atoms with Crippen LogP contribution in [0.2, 0.25) is 0 Å². The number of aromatic carboxylic acids is 1. The van der Waals surface area contributed by atoms with E-state index in [1.807, 2.05) is 6.92 Å². The molecule has 2 aromatic heterocycles. The second kappa shape index (κ2) is 6.87. The van der Waals surface area contributed by atoms with Gasteiger partial charge in [-0.15, -0.1) is 0 Å². The third kappa shape index (κ3) is 3.04. The van der Waals surface area contributed by atoms with Crippen LogP contribution in [0.3, 0.4) is 0 Å². The van der Waals surface area contributed by atoms with Crippen LogP contribution in [0.1, 0.15) is 48.5 Å². The lowest BCUT2D eigenvalue weighted by molar-refractivity contribution is 0.0696. The van der Waals surface area contributed by atoms with Gasteiger partial charge in [0.05, 0.1) is 11.6 Å². The maximum atomic E-state index is 11.4. The average Bonchev–Trinajstić information content (AvgIpc) is 3.00. The smallest absolute Gasteiger partial charge is 0.337 e. The minimum absolute atomic E-state index is 0.197. The number of anilines is 1. The van der Waals surface area contributed by atoms with Crippen LogP contribution >= 0.6 is 0 Å². The average molecular weight is 327 g/mol. The van der Waals surface area contributed by atoms with Crippen molar-refractivity contribution in [2.45, 2.75) is 39.0 Å². The highest BCUT2D eigenvalue weighted by Crippen LogP contribution is 2.29. The number of nitrogens with zero attached hydrogens (tertiary/aromatic N) is 4. The fraction of sp³-hybridized carbons (Fsp3) is 0.529. The topological polar surface area (TPSA) is 103 Å². The first-order valence-electron chi connectivity index (χ1n) is 8.36. The lowest BCUT2D eigenvalue weighted by atomic mass is 9.83. The molecular formula is C17H21N5O2. The highest BCUT2D eigenvalue weighted by molar-refractivity contribution is 5.94. The van der Waals surface area contributed by atoms with Gasteiger partial charge in [0.2, 0.25) is 0 Å². The largest absolute Gasteiger partial charge is 0.478 e. The van der Waals surface area contributed by atoms with Crippen molar-refractivity contribution in [2.75, 3.05) is 11.9 Å². The Labute approximate surface area is 140 Å². The van der Waals surface area contributed by atoms with E-state index in [-0.39, 0.29) is 11.5 Å². The molecule has 2 heterocycles. The Kier molecular flexibility index (Phi) is 4.65. The van der Waals surface area contributed by atoms with Crippen molar-refractivity contribution in [1.82, 2.24) is 14.6 Å². The molecule has 0 spiro atoms. The number of aromatic nitrogens is 3. The summed E-state index contributed by atoms with van der Waals surface area (Å²) < 4.78 is 1.59. The van der Waals surface area contributed by atoms with Gasteiger partial charge in [0.15, 0.2) is 5.82 Å². The fourth-order valence-electron chi connectivity index (χ4n) is 3.48. The maximum Gasteiger partial charge on any atom is 0.337 e. The summed E-state index contributed by atoms with van der Waals surface area (Å²) in [5.74, 6) is 0.445. The molecule has 1 aliphatic carbocycles. The molecule has 0 bridgehead atoms. The predicted molar refractivity (Wildman–Crippen MR) is 88.9 cm³/mol. The van der Waals surface area contributed by atoms with Gasteiger partial charge in [-0.25, -0.2) is 14.3 Å². The summed E-state index contributed by atoms with van der Waals surface area (Å²) in [5.41, 5.74) is 1.76. The Hall–Kier alpha value is -2.62. The number of rotatable bonds is 5. The molecule has 0 aromatic carbocycles. The summed E-state index contributed by atoms with van der Waals surface area (Å²) in [6, 6.07) is 2.35. The van der Waals surface area contributed by atoms with E-state index in [1.165, 1.54) is 6.33 Å². The zero-order valence-electron chi connectivity index (χ0n) is 13.7. The van der Waals surface area contributed by atoms with Gasteiger partial charge in [-0.2, -0.15) is 10.4 Å². The van der Waals surface area contributed by atoms with Crippen molar-refractivity contribution >= 4 is 17.3 Å². The normalized spacial score (nSPS) is 20.7. The maximum absolute atomic E-state index is 11.4. The summed E-state index contributed by atoms with van der Waals surface area (Å²) in [5, 5.41) is 25.8. The van der Waals surface area contributed by atoms with Crippen LogP contribution in [0.4, 0.5) is 5.82 Å². The lowest BCUT2D eigenvalue weighted by Crippen LogP contribution is -2.21. The summed E-state index contributed by atoms with van der Waals surface area (Å²) in [6.45, 7) is 2.71. The SMILES string of the molecule is CCc1c(C(=O)O)cn2ncnc(NCC3CCC(C#N)CC3)c12. The highest BCUT2D eigenvalue weighted by Gasteiger charge is 2.22. The summed E-state index contributed by atoms with van der Waals surface area (Å²) >= 11 is 0. The molecule has 0 aliphatic heterocycles. The minimum atomic E-state index is -0.946. The standard InChI is InChI=1S/C17H21N5O2/c1-2-13-14(17(23)24)9-22-15(13)16(20-10-21-22)19-8-12-5-3-11(7-18)4-6-12/h9-12H,2-6,8H2,1H3,(H,23,24)(H,19,20,21). The van der Waals surface area contributed by atoms with E-state index in [0.29, 0.717) is 18.2 Å². The molecule has 0 atom stereocenters. The molecule has 3 rings (SSSR count). The first-order valence-corrected chi connectivity index (χ1v) is 8.36. The molecule has 24 heavy (non-hydrogen) atoms. The van der Waals surface area contributed by atoms with Crippen molar-refractivity contribution in [3.05, 3.63) is 23.7 Å². The van der Waals surface area contributed by atoms with Crippen LogP contribution in [0.25, 0.3) is 5.52 Å². The van der Waals surface area contributed by atoms with Gasteiger partial charge in [0, 0.05) is 18.7 Å². The number of carboxylic acid groups (broad SMARTS) is 1. The number of nitrogens with one attached hydrogen (secondary N) is 1. The van der Waals surface area contributed by atoms with E-state index in [0.717, 1.165) is 43.3 Å². The highest BCUT2D eigenvalue weighted by atomic mass is 16.4. The van der Waals surface area contributed by atoms with Gasteiger partial charge in [0.1, 0.15) is 11.8 Å². The summed E-state index contributed by atoms with van der Waals surface area (Å²) in [4.78, 5) is 15.7. The molecule has 7 nitrogen and oxygen atoms in total. The van der Waals surface area contributed by atoms with E-state index in [4.69, 9.17) is 5.26 Å². The van der Waals surface area contributed by atoms with Crippen molar-refractivity contribution in [1.29, 1.82) is 5.26 Å². The first kappa shape index (κ1) is 16.2. The predicted octanol–water partition coefficient (Wildman–Crippen LogP) is 2.73. The number of nitriles is 1. The van der Waals surface area contributed by atoms with E-state index >= 15 is 0 Å².